The number of fused-ring (bicyclic) bond motifs is 2. The summed E-state index contributed by atoms with van der Waals surface area (Å²) in [5.74, 6) is -1.99. The van der Waals surface area contributed by atoms with Crippen LogP contribution in [0.25, 0.3) is 0 Å². The Morgan fingerprint density at radius 2 is 2.05 bits per heavy atom. The number of aliphatic carboxylic acids is 1. The summed E-state index contributed by atoms with van der Waals surface area (Å²) in [6.07, 6.45) is 2.83. The Morgan fingerprint density at radius 1 is 1.30 bits per heavy atom. The smallest absolute Gasteiger partial charge is 0.353 e. The first-order chi connectivity index (χ1) is 20.7. The van der Waals surface area contributed by atoms with Crippen molar-refractivity contribution in [1.29, 1.82) is 0 Å². The number of hydrogen-bond acceptors (Lipinski definition) is 12. The monoisotopic (exact) mass is 647 g/mol. The van der Waals surface area contributed by atoms with E-state index >= 15 is 0 Å². The average molecular weight is 648 g/mol. The largest absolute Gasteiger partial charge is 0.477 e. The summed E-state index contributed by atoms with van der Waals surface area (Å²) in [4.78, 5) is 62.7. The van der Waals surface area contributed by atoms with Crippen LogP contribution < -0.4 is 21.0 Å². The molecule has 0 saturated carbocycles. The number of rotatable bonds is 9. The van der Waals surface area contributed by atoms with Crippen molar-refractivity contribution < 1.29 is 38.5 Å². The maximum Gasteiger partial charge on any atom is 0.353 e. The molecule has 236 valence electrons. The predicted molar refractivity (Wildman–Crippen MR) is 161 cm³/mol. The van der Waals surface area contributed by atoms with Gasteiger partial charge in [0.2, 0.25) is 5.60 Å². The number of amides is 2. The Bertz CT molecular complexity index is 1570. The number of hydrogen-bond donors (Lipinski definition) is 4. The molecule has 2 aromatic rings. The van der Waals surface area contributed by atoms with Crippen LogP contribution in [0, 0.1) is 0 Å². The van der Waals surface area contributed by atoms with E-state index in [9.17, 15) is 24.3 Å². The molecule has 5 rings (SSSR count). The minimum Gasteiger partial charge on any atom is -0.477 e. The lowest BCUT2D eigenvalue weighted by molar-refractivity contribution is -0.768. The third-order valence-corrected chi connectivity index (χ3v) is 8.98. The van der Waals surface area contributed by atoms with Crippen LogP contribution in [0.15, 0.2) is 34.1 Å². The molecule has 0 aromatic carbocycles. The molecule has 0 unspecified atom stereocenters. The van der Waals surface area contributed by atoms with Crippen LogP contribution in [-0.4, -0.2) is 84.1 Å². The Kier molecular flexibility index (Phi) is 8.37. The van der Waals surface area contributed by atoms with Gasteiger partial charge in [0.05, 0.1) is 12.6 Å². The van der Waals surface area contributed by atoms with Gasteiger partial charge in [-0.2, -0.15) is 0 Å². The summed E-state index contributed by atoms with van der Waals surface area (Å²) >= 11 is 2.43. The lowest BCUT2D eigenvalue weighted by Crippen LogP contribution is -2.71. The molecule has 5 N–H and O–H groups in total. The second kappa shape index (κ2) is 11.8. The van der Waals surface area contributed by atoms with E-state index in [0.717, 1.165) is 36.7 Å². The first-order valence-electron chi connectivity index (χ1n) is 13.9. The molecule has 2 aromatic heterocycles. The van der Waals surface area contributed by atoms with Crippen LogP contribution >= 0.6 is 23.1 Å². The third-order valence-electron chi connectivity index (χ3n) is 6.97. The normalized spacial score (nSPS) is 20.2. The lowest BCUT2D eigenvalue weighted by Gasteiger charge is -2.49. The van der Waals surface area contributed by atoms with Crippen LogP contribution in [0.4, 0.5) is 10.9 Å². The molecule has 2 amide bonds. The van der Waals surface area contributed by atoms with Gasteiger partial charge in [-0.05, 0) is 41.0 Å². The molecule has 2 atom stereocenters. The first-order valence-corrected chi connectivity index (χ1v) is 15.8. The molecule has 0 spiro atoms. The van der Waals surface area contributed by atoms with E-state index in [2.05, 4.69) is 20.8 Å². The SMILES string of the molecule is CC(C)(C)OC(=O)C(C)(C)ON=C(C(=O)N[C@@H]1C(=O)N2C(C(=O)O)=C(C[n+]3ccc4n3CCCN4)CS[C@H]12)c1csc(N)n1. The van der Waals surface area contributed by atoms with Crippen molar-refractivity contribution in [2.45, 2.75) is 76.7 Å². The average Bonchev–Trinajstić information content (AvgIpc) is 3.56. The molecule has 5 heterocycles. The minimum atomic E-state index is -1.56. The summed E-state index contributed by atoms with van der Waals surface area (Å²) in [7, 11) is 0. The van der Waals surface area contributed by atoms with Gasteiger partial charge in [0, 0.05) is 23.3 Å². The fourth-order valence-corrected chi connectivity index (χ4v) is 6.74. The molecular formula is C27H35N8O7S2+. The van der Waals surface area contributed by atoms with Gasteiger partial charge in [0.1, 0.15) is 28.4 Å². The Morgan fingerprint density at radius 3 is 2.70 bits per heavy atom. The van der Waals surface area contributed by atoms with Crippen molar-refractivity contribution in [3.8, 4) is 0 Å². The second-order valence-electron chi connectivity index (χ2n) is 11.9. The number of esters is 1. The molecule has 0 aliphatic carbocycles. The Labute approximate surface area is 261 Å². The highest BCUT2D eigenvalue weighted by molar-refractivity contribution is 8.00. The molecule has 3 aliphatic rings. The topological polar surface area (TPSA) is 194 Å². The summed E-state index contributed by atoms with van der Waals surface area (Å²) in [5.41, 5.74) is 3.72. The number of thioether (sulfide) groups is 1. The van der Waals surface area contributed by atoms with Gasteiger partial charge in [0.25, 0.3) is 11.8 Å². The number of anilines is 2. The fraction of sp³-hybridized carbons (Fsp3) is 0.519. The number of nitrogens with zero attached hydrogens (tertiary/aromatic N) is 5. The van der Waals surface area contributed by atoms with Crippen LogP contribution in [0.5, 0.6) is 0 Å². The van der Waals surface area contributed by atoms with Crippen molar-refractivity contribution >= 4 is 63.5 Å². The number of thiazole rings is 1. The molecule has 17 heteroatoms. The maximum atomic E-state index is 13.5. The van der Waals surface area contributed by atoms with Crippen molar-refractivity contribution in [3.05, 3.63) is 34.6 Å². The lowest BCUT2D eigenvalue weighted by atomic mass is 10.0. The number of nitrogens with one attached hydrogen (secondary N) is 2. The first kappa shape index (κ1) is 31.3. The van der Waals surface area contributed by atoms with Gasteiger partial charge in [0.15, 0.2) is 29.4 Å². The van der Waals surface area contributed by atoms with Crippen molar-refractivity contribution in [2.24, 2.45) is 5.16 Å². The van der Waals surface area contributed by atoms with Gasteiger partial charge >= 0.3 is 11.9 Å². The van der Waals surface area contributed by atoms with E-state index in [1.807, 2.05) is 21.6 Å². The number of carboxylic acid groups (broad SMARTS) is 1. The molecular weight excluding hydrogens is 612 g/mol. The van der Waals surface area contributed by atoms with Gasteiger partial charge in [-0.15, -0.1) is 32.5 Å². The Hall–Kier alpha value is -4.12. The molecule has 3 aliphatic heterocycles. The fourth-order valence-electron chi connectivity index (χ4n) is 4.85. The zero-order valence-corrected chi connectivity index (χ0v) is 26.6. The predicted octanol–water partition coefficient (Wildman–Crippen LogP) is 0.910. The highest BCUT2D eigenvalue weighted by Gasteiger charge is 2.55. The summed E-state index contributed by atoms with van der Waals surface area (Å²) in [6, 6.07) is 0.911. The molecule has 0 radical (unpaired) electrons. The number of carbonyl (C=O) groups excluding carboxylic acids is 3. The number of carbonyl (C=O) groups is 4. The number of ether oxygens (including phenoxy) is 1. The van der Waals surface area contributed by atoms with Crippen molar-refractivity contribution in [3.63, 3.8) is 0 Å². The molecule has 1 saturated heterocycles. The standard InChI is InChI=1S/C27H34N8O7S2/c1-26(2,3)41-24(40)27(4,5)42-32-17(15-13-44-25(28)30-15)20(36)31-18-21(37)35-19(23(38)39)14(12-43-22(18)35)11-33-10-7-16-29-8-6-9-34(16)33/h7,10,13,18,22H,6,8-9,11-12H2,1-5H3,(H4,28,30,31,36,38,39)/p+1/t18-,22-/m1/s1. The van der Waals surface area contributed by atoms with Crippen LogP contribution in [0.1, 0.15) is 46.7 Å². The highest BCUT2D eigenvalue weighted by atomic mass is 32.2. The Balaban J connectivity index is 1.34. The molecule has 1 fully saturated rings. The van der Waals surface area contributed by atoms with E-state index in [1.165, 1.54) is 35.9 Å². The molecule has 44 heavy (non-hydrogen) atoms. The summed E-state index contributed by atoms with van der Waals surface area (Å²) in [5, 5.41) is 21.0. The van der Waals surface area contributed by atoms with Gasteiger partial charge in [-0.3, -0.25) is 14.5 Å². The quantitative estimate of drug-likeness (QED) is 0.0994. The van der Waals surface area contributed by atoms with E-state index in [4.69, 9.17) is 15.3 Å². The number of aromatic nitrogens is 3. The van der Waals surface area contributed by atoms with E-state index < -0.39 is 46.4 Å². The van der Waals surface area contributed by atoms with Crippen molar-refractivity contribution in [1.82, 2.24) is 19.9 Å². The number of β-lactam (4-membered cyclic amide) rings is 1. The van der Waals surface area contributed by atoms with Crippen LogP contribution in [-0.2, 0) is 41.8 Å². The van der Waals surface area contributed by atoms with E-state index in [1.54, 1.807) is 20.8 Å². The van der Waals surface area contributed by atoms with Gasteiger partial charge < -0.3 is 31.0 Å². The number of oxime groups is 1. The second-order valence-corrected chi connectivity index (χ2v) is 13.9. The highest BCUT2D eigenvalue weighted by Crippen LogP contribution is 2.40. The third kappa shape index (κ3) is 6.24. The number of nitrogens with two attached hydrogens (primary N) is 1. The van der Waals surface area contributed by atoms with Crippen molar-refractivity contribution in [2.75, 3.05) is 23.3 Å². The van der Waals surface area contributed by atoms with Crippen LogP contribution in [0.2, 0.25) is 0 Å². The molecule has 15 nitrogen and oxygen atoms in total. The number of carboxylic acids is 1. The zero-order valence-electron chi connectivity index (χ0n) is 24.9. The molecule has 0 bridgehead atoms. The van der Waals surface area contributed by atoms with E-state index in [-0.39, 0.29) is 22.2 Å². The summed E-state index contributed by atoms with van der Waals surface area (Å²) < 4.78 is 9.37. The van der Waals surface area contributed by atoms with Gasteiger partial charge in [-0.1, -0.05) is 5.16 Å². The van der Waals surface area contributed by atoms with Crippen LogP contribution in [0.3, 0.4) is 0 Å². The van der Waals surface area contributed by atoms with E-state index in [0.29, 0.717) is 17.9 Å². The maximum absolute atomic E-state index is 13.5. The zero-order chi connectivity index (χ0) is 32.0. The summed E-state index contributed by atoms with van der Waals surface area (Å²) in [6.45, 7) is 9.98. The van der Waals surface area contributed by atoms with Gasteiger partial charge in [-0.25, -0.2) is 14.6 Å². The minimum absolute atomic E-state index is 0.0836. The number of nitrogen functional groups attached to an aromatic ring is 1.